The maximum atomic E-state index is 9.02. The zero-order chi connectivity index (χ0) is 6.15. The van der Waals surface area contributed by atoms with Crippen molar-refractivity contribution in [2.75, 3.05) is 0 Å². The minimum Gasteiger partial charge on any atom is -0.390 e. The second-order valence-corrected chi connectivity index (χ2v) is 2.61. The van der Waals surface area contributed by atoms with Crippen LogP contribution in [-0.4, -0.2) is 22.4 Å². The summed E-state index contributed by atoms with van der Waals surface area (Å²) in [6.45, 7) is 1.96. The fraction of sp³-hybridized carbons (Fsp3) is 1.00. The van der Waals surface area contributed by atoms with Gasteiger partial charge >= 0.3 is 0 Å². The average molecular weight is 116 g/mol. The lowest BCUT2D eigenvalue weighted by molar-refractivity contribution is 0.0245. The predicted molar refractivity (Wildman–Crippen MR) is 30.4 cm³/mol. The minimum atomic E-state index is -0.463. The molecule has 48 valence electrons. The summed E-state index contributed by atoms with van der Waals surface area (Å²) in [6, 6.07) is 0. The molecule has 0 bridgehead atoms. The second-order valence-electron chi connectivity index (χ2n) is 2.61. The number of aliphatic hydroxyl groups excluding tert-OH is 2. The van der Waals surface area contributed by atoms with Crippen molar-refractivity contribution in [2.45, 2.75) is 32.0 Å². The van der Waals surface area contributed by atoms with E-state index < -0.39 is 12.2 Å². The summed E-state index contributed by atoms with van der Waals surface area (Å²) in [7, 11) is 0. The highest BCUT2D eigenvalue weighted by Crippen LogP contribution is 2.24. The van der Waals surface area contributed by atoms with Gasteiger partial charge in [0.15, 0.2) is 0 Å². The largest absolute Gasteiger partial charge is 0.390 e. The molecule has 1 unspecified atom stereocenters. The van der Waals surface area contributed by atoms with E-state index in [1.165, 1.54) is 0 Å². The minimum absolute atomic E-state index is 0.296. The molecule has 1 saturated carbocycles. The van der Waals surface area contributed by atoms with Crippen molar-refractivity contribution in [3.05, 3.63) is 0 Å². The zero-order valence-corrected chi connectivity index (χ0v) is 5.04. The van der Waals surface area contributed by atoms with Crippen molar-refractivity contribution in [3.8, 4) is 0 Å². The van der Waals surface area contributed by atoms with E-state index in [-0.39, 0.29) is 0 Å². The molecular formula is C6H12O2. The topological polar surface area (TPSA) is 40.5 Å². The van der Waals surface area contributed by atoms with Crippen LogP contribution in [0.25, 0.3) is 0 Å². The molecule has 1 aliphatic carbocycles. The van der Waals surface area contributed by atoms with Crippen LogP contribution in [0.5, 0.6) is 0 Å². The van der Waals surface area contributed by atoms with Crippen molar-refractivity contribution >= 4 is 0 Å². The first-order chi connectivity index (χ1) is 3.72. The van der Waals surface area contributed by atoms with Crippen molar-refractivity contribution in [3.63, 3.8) is 0 Å². The van der Waals surface area contributed by atoms with E-state index in [4.69, 9.17) is 10.2 Å². The van der Waals surface area contributed by atoms with Gasteiger partial charge in [-0.3, -0.25) is 0 Å². The van der Waals surface area contributed by atoms with Crippen LogP contribution in [0.4, 0.5) is 0 Å². The van der Waals surface area contributed by atoms with Crippen molar-refractivity contribution in [1.29, 1.82) is 0 Å². The Balaban J connectivity index is 2.44. The SMILES string of the molecule is CC1CC[C@H](O)[C@H]1O. The molecule has 0 amide bonds. The molecule has 0 heterocycles. The van der Waals surface area contributed by atoms with E-state index in [2.05, 4.69) is 0 Å². The van der Waals surface area contributed by atoms with Gasteiger partial charge in [-0.15, -0.1) is 0 Å². The van der Waals surface area contributed by atoms with E-state index in [1.807, 2.05) is 6.92 Å². The first-order valence-electron chi connectivity index (χ1n) is 3.08. The Hall–Kier alpha value is -0.0800. The van der Waals surface area contributed by atoms with E-state index in [9.17, 15) is 0 Å². The Morgan fingerprint density at radius 3 is 2.00 bits per heavy atom. The Morgan fingerprint density at radius 2 is 1.88 bits per heavy atom. The van der Waals surface area contributed by atoms with Crippen molar-refractivity contribution in [1.82, 2.24) is 0 Å². The van der Waals surface area contributed by atoms with Gasteiger partial charge in [-0.2, -0.15) is 0 Å². The first-order valence-corrected chi connectivity index (χ1v) is 3.08. The number of hydrogen-bond donors (Lipinski definition) is 2. The van der Waals surface area contributed by atoms with Crippen LogP contribution in [0, 0.1) is 5.92 Å². The molecule has 0 aromatic carbocycles. The van der Waals surface area contributed by atoms with E-state index >= 15 is 0 Å². The van der Waals surface area contributed by atoms with E-state index in [1.54, 1.807) is 0 Å². The Bertz CT molecular complexity index is 72.6. The molecule has 0 aromatic heterocycles. The first kappa shape index (κ1) is 6.05. The maximum Gasteiger partial charge on any atom is 0.0824 e. The molecule has 1 rings (SSSR count). The number of hydrogen-bond acceptors (Lipinski definition) is 2. The number of rotatable bonds is 0. The molecule has 1 aliphatic rings. The third-order valence-electron chi connectivity index (χ3n) is 1.90. The highest BCUT2D eigenvalue weighted by molar-refractivity contribution is 4.80. The van der Waals surface area contributed by atoms with Crippen LogP contribution in [-0.2, 0) is 0 Å². The van der Waals surface area contributed by atoms with E-state index in [0.29, 0.717) is 5.92 Å². The summed E-state index contributed by atoms with van der Waals surface area (Å²) >= 11 is 0. The van der Waals surface area contributed by atoms with E-state index in [0.717, 1.165) is 12.8 Å². The summed E-state index contributed by atoms with van der Waals surface area (Å²) < 4.78 is 0. The normalized spacial score (nSPS) is 47.6. The van der Waals surface area contributed by atoms with Gasteiger partial charge in [-0.25, -0.2) is 0 Å². The molecule has 0 aliphatic heterocycles. The smallest absolute Gasteiger partial charge is 0.0824 e. The van der Waals surface area contributed by atoms with Gasteiger partial charge in [0.2, 0.25) is 0 Å². The maximum absolute atomic E-state index is 9.02. The molecule has 0 aromatic rings. The molecule has 2 heteroatoms. The van der Waals surface area contributed by atoms with Gasteiger partial charge in [0.05, 0.1) is 12.2 Å². The standard InChI is InChI=1S/C6H12O2/c1-4-2-3-5(7)6(4)8/h4-8H,2-3H2,1H3/t4?,5-,6-/m0/s1. The summed E-state index contributed by atoms with van der Waals surface area (Å²) in [5, 5.41) is 17.9. The lowest BCUT2D eigenvalue weighted by atomic mass is 10.1. The highest BCUT2D eigenvalue weighted by atomic mass is 16.3. The summed E-state index contributed by atoms with van der Waals surface area (Å²) in [4.78, 5) is 0. The number of aliphatic hydroxyl groups is 2. The van der Waals surface area contributed by atoms with Gasteiger partial charge in [0.1, 0.15) is 0 Å². The molecular weight excluding hydrogens is 104 g/mol. The zero-order valence-electron chi connectivity index (χ0n) is 5.04. The van der Waals surface area contributed by atoms with Crippen LogP contribution in [0.2, 0.25) is 0 Å². The molecule has 2 N–H and O–H groups in total. The Morgan fingerprint density at radius 1 is 1.25 bits per heavy atom. The Kier molecular flexibility index (Phi) is 1.54. The van der Waals surface area contributed by atoms with Gasteiger partial charge in [0.25, 0.3) is 0 Å². The van der Waals surface area contributed by atoms with Crippen molar-refractivity contribution < 1.29 is 10.2 Å². The summed E-state index contributed by atoms with van der Waals surface area (Å²) in [5.74, 6) is 0.296. The van der Waals surface area contributed by atoms with Gasteiger partial charge in [-0.1, -0.05) is 6.92 Å². The third-order valence-corrected chi connectivity index (χ3v) is 1.90. The lowest BCUT2D eigenvalue weighted by Crippen LogP contribution is -2.22. The average Bonchev–Trinajstić information content (AvgIpc) is 1.98. The molecule has 0 radical (unpaired) electrons. The van der Waals surface area contributed by atoms with Crippen LogP contribution < -0.4 is 0 Å². The molecule has 3 atom stereocenters. The third kappa shape index (κ3) is 0.858. The van der Waals surface area contributed by atoms with Gasteiger partial charge < -0.3 is 10.2 Å². The van der Waals surface area contributed by atoms with Crippen molar-refractivity contribution in [2.24, 2.45) is 5.92 Å². The molecule has 0 saturated heterocycles. The molecule has 8 heavy (non-hydrogen) atoms. The highest BCUT2D eigenvalue weighted by Gasteiger charge is 2.29. The molecule has 1 fully saturated rings. The molecule has 0 spiro atoms. The lowest BCUT2D eigenvalue weighted by Gasteiger charge is -2.09. The summed E-state index contributed by atoms with van der Waals surface area (Å²) in [5.41, 5.74) is 0. The van der Waals surface area contributed by atoms with Gasteiger partial charge in [0, 0.05) is 0 Å². The second kappa shape index (κ2) is 2.03. The van der Waals surface area contributed by atoms with Crippen LogP contribution in [0.3, 0.4) is 0 Å². The molecule has 2 nitrogen and oxygen atoms in total. The van der Waals surface area contributed by atoms with Crippen LogP contribution >= 0.6 is 0 Å². The van der Waals surface area contributed by atoms with Crippen LogP contribution in [0.15, 0.2) is 0 Å². The summed E-state index contributed by atoms with van der Waals surface area (Å²) in [6.07, 6.45) is 0.810. The van der Waals surface area contributed by atoms with Gasteiger partial charge in [-0.05, 0) is 18.8 Å². The van der Waals surface area contributed by atoms with Crippen LogP contribution in [0.1, 0.15) is 19.8 Å². The predicted octanol–water partition coefficient (Wildman–Crippen LogP) is 0.138. The fourth-order valence-corrected chi connectivity index (χ4v) is 1.15. The monoisotopic (exact) mass is 116 g/mol. The fourth-order valence-electron chi connectivity index (χ4n) is 1.15. The quantitative estimate of drug-likeness (QED) is 0.472. The Labute approximate surface area is 49.1 Å².